The molecule has 0 rings (SSSR count). The lowest BCUT2D eigenvalue weighted by molar-refractivity contribution is -0.161. The second kappa shape index (κ2) is 42.1. The van der Waals surface area contributed by atoms with Gasteiger partial charge in [-0.3, -0.25) is 23.2 Å². The van der Waals surface area contributed by atoms with E-state index in [0.29, 0.717) is 32.1 Å². The van der Waals surface area contributed by atoms with Crippen molar-refractivity contribution in [1.82, 2.24) is 0 Å². The number of esters is 2. The normalized spacial score (nSPS) is 15.5. The van der Waals surface area contributed by atoms with Gasteiger partial charge in [-0.05, 0) is 83.5 Å². The van der Waals surface area contributed by atoms with Crippen LogP contribution in [0.25, 0.3) is 0 Å². The summed E-state index contributed by atoms with van der Waals surface area (Å²) in [5.41, 5.74) is 0. The van der Waals surface area contributed by atoms with Crippen molar-refractivity contribution in [2.75, 3.05) is 26.4 Å². The number of ether oxygens (including phenoxy) is 2. The minimum Gasteiger partial charge on any atom is -0.462 e. The molecule has 0 spiro atoms. The predicted octanol–water partition coefficient (Wildman–Crippen LogP) is 10.6. The largest absolute Gasteiger partial charge is 0.472 e. The van der Waals surface area contributed by atoms with Gasteiger partial charge in [0, 0.05) is 12.8 Å². The molecule has 0 saturated heterocycles. The number of hydrogen-bond acceptors (Lipinski definition) is 11. The summed E-state index contributed by atoms with van der Waals surface area (Å²) in [7, 11) is -9.74. The molecular weight excluding hydrogens is 862 g/mol. The Hall–Kier alpha value is -3.52. The van der Waals surface area contributed by atoms with E-state index in [1.807, 2.05) is 54.7 Å². The maximum atomic E-state index is 12.7. The van der Waals surface area contributed by atoms with E-state index in [2.05, 4.69) is 83.7 Å². The van der Waals surface area contributed by atoms with Gasteiger partial charge in [0.1, 0.15) is 12.7 Å². The quantitative estimate of drug-likeness (QED) is 0.0127. The minimum absolute atomic E-state index is 0.0305. The van der Waals surface area contributed by atoms with E-state index in [9.17, 15) is 33.8 Å². The van der Waals surface area contributed by atoms with Crippen LogP contribution in [0.2, 0.25) is 0 Å². The van der Waals surface area contributed by atoms with Gasteiger partial charge in [-0.15, -0.1) is 0 Å². The van der Waals surface area contributed by atoms with Gasteiger partial charge in [0.25, 0.3) is 0 Å². The summed E-state index contributed by atoms with van der Waals surface area (Å²) >= 11 is 0. The van der Waals surface area contributed by atoms with Crippen LogP contribution < -0.4 is 0 Å². The third-order valence-electron chi connectivity index (χ3n) is 8.43. The first-order chi connectivity index (χ1) is 30.8. The number of carbonyl (C=O) groups excluding carboxylic acids is 2. The van der Waals surface area contributed by atoms with Crippen LogP contribution in [0.1, 0.15) is 123 Å². The molecule has 0 aromatic rings. The van der Waals surface area contributed by atoms with Crippen molar-refractivity contribution >= 4 is 27.6 Å². The fourth-order valence-electron chi connectivity index (χ4n) is 5.09. The van der Waals surface area contributed by atoms with Gasteiger partial charge in [0.2, 0.25) is 0 Å². The van der Waals surface area contributed by atoms with Gasteiger partial charge >= 0.3 is 27.6 Å². The lowest BCUT2D eigenvalue weighted by Gasteiger charge is -2.20. The minimum atomic E-state index is -4.89. The molecule has 0 radical (unpaired) electrons. The molecule has 2 unspecified atom stereocenters. The zero-order valence-electron chi connectivity index (χ0n) is 37.9. The van der Waals surface area contributed by atoms with Crippen molar-refractivity contribution in [1.29, 1.82) is 0 Å². The average Bonchev–Trinajstić information content (AvgIpc) is 3.25. The Morgan fingerprint density at radius 1 is 0.516 bits per heavy atom. The number of hydrogen-bond donors (Lipinski definition) is 5. The third-order valence-corrected chi connectivity index (χ3v) is 9.87. The fraction of sp³-hybridized carbons (Fsp3) is 0.542. The number of carbonyl (C=O) groups is 2. The van der Waals surface area contributed by atoms with Gasteiger partial charge in [-0.25, -0.2) is 9.13 Å². The second-order valence-corrected chi connectivity index (χ2v) is 17.1. The van der Waals surface area contributed by atoms with Gasteiger partial charge in [0.05, 0.1) is 25.9 Å². The zero-order valence-corrected chi connectivity index (χ0v) is 39.7. The Kier molecular flexibility index (Phi) is 39.8. The summed E-state index contributed by atoms with van der Waals surface area (Å²) in [6.07, 6.45) is 49.4. The van der Waals surface area contributed by atoms with Gasteiger partial charge < -0.3 is 34.4 Å². The van der Waals surface area contributed by atoms with Crippen LogP contribution in [-0.4, -0.2) is 81.6 Å². The Morgan fingerprint density at radius 3 is 1.61 bits per heavy atom. The first-order valence-electron chi connectivity index (χ1n) is 22.3. The van der Waals surface area contributed by atoms with Crippen LogP contribution in [0, 0.1) is 0 Å². The van der Waals surface area contributed by atoms with E-state index >= 15 is 0 Å². The zero-order chi connectivity index (χ0) is 47.4. The molecule has 14 nitrogen and oxygen atoms in total. The molecule has 0 aliphatic heterocycles. The highest BCUT2D eigenvalue weighted by Crippen LogP contribution is 2.43. The molecule has 16 heteroatoms. The van der Waals surface area contributed by atoms with Crippen molar-refractivity contribution in [2.45, 2.75) is 141 Å². The van der Waals surface area contributed by atoms with Gasteiger partial charge in [-0.1, -0.05) is 148 Å². The van der Waals surface area contributed by atoms with E-state index in [0.717, 1.165) is 64.2 Å². The molecule has 0 aromatic heterocycles. The molecular formula is C48H76O14P2. The van der Waals surface area contributed by atoms with E-state index in [1.54, 1.807) is 6.08 Å². The van der Waals surface area contributed by atoms with Crippen molar-refractivity contribution in [2.24, 2.45) is 0 Å². The van der Waals surface area contributed by atoms with Crippen LogP contribution >= 0.6 is 15.6 Å². The Labute approximate surface area is 382 Å². The summed E-state index contributed by atoms with van der Waals surface area (Å²) in [6.45, 7) is 1.31. The van der Waals surface area contributed by atoms with Crippen molar-refractivity contribution < 1.29 is 66.7 Å². The van der Waals surface area contributed by atoms with E-state index in [1.165, 1.54) is 0 Å². The Bertz CT molecular complexity index is 1600. The molecule has 0 amide bonds. The van der Waals surface area contributed by atoms with Crippen molar-refractivity contribution in [3.63, 3.8) is 0 Å². The second-order valence-electron chi connectivity index (χ2n) is 14.4. The number of aliphatic hydroxyl groups is 2. The molecule has 0 saturated carbocycles. The van der Waals surface area contributed by atoms with Crippen molar-refractivity contribution in [3.8, 4) is 0 Å². The predicted molar refractivity (Wildman–Crippen MR) is 254 cm³/mol. The SMILES string of the molecule is CC/C=C\C/C=C\C/C=C\C/C=C\CCCCCCC(=O)OC[C@H](COP(=O)(O)OC[C@@H](O)COP(=O)(O)O)OC(=O)CC/C=C\C/C=C\C/C=C\C=C\C(O)C/C=C\C/C=C\CC. The Morgan fingerprint density at radius 2 is 1.02 bits per heavy atom. The van der Waals surface area contributed by atoms with Gasteiger partial charge in [0.15, 0.2) is 6.10 Å². The summed E-state index contributed by atoms with van der Waals surface area (Å²) in [5.74, 6) is -1.20. The highest BCUT2D eigenvalue weighted by atomic mass is 31.2. The molecule has 0 aromatic carbocycles. The molecule has 0 heterocycles. The number of aliphatic hydroxyl groups excluding tert-OH is 2. The van der Waals surface area contributed by atoms with E-state index < -0.39 is 72.3 Å². The molecule has 5 N–H and O–H groups in total. The Balaban J connectivity index is 4.75. The lowest BCUT2D eigenvalue weighted by atomic mass is 10.1. The first kappa shape index (κ1) is 60.5. The first-order valence-corrected chi connectivity index (χ1v) is 25.4. The summed E-state index contributed by atoms with van der Waals surface area (Å²) in [4.78, 5) is 52.7. The van der Waals surface area contributed by atoms with Gasteiger partial charge in [-0.2, -0.15) is 0 Å². The highest BCUT2D eigenvalue weighted by Gasteiger charge is 2.28. The molecule has 0 bridgehead atoms. The molecule has 0 fully saturated rings. The van der Waals surface area contributed by atoms with Crippen LogP contribution in [0.15, 0.2) is 122 Å². The van der Waals surface area contributed by atoms with Crippen LogP contribution in [-0.2, 0) is 41.8 Å². The topological polar surface area (TPSA) is 216 Å². The van der Waals surface area contributed by atoms with E-state index in [4.69, 9.17) is 23.8 Å². The highest BCUT2D eigenvalue weighted by molar-refractivity contribution is 7.47. The maximum Gasteiger partial charge on any atom is 0.472 e. The molecule has 0 aliphatic carbocycles. The molecule has 64 heavy (non-hydrogen) atoms. The third kappa shape index (κ3) is 45.1. The number of unbranched alkanes of at least 4 members (excludes halogenated alkanes) is 4. The summed E-state index contributed by atoms with van der Waals surface area (Å²) < 4.78 is 47.7. The summed E-state index contributed by atoms with van der Waals surface area (Å²) in [5, 5.41) is 19.8. The number of phosphoric ester groups is 2. The molecule has 4 atom stereocenters. The maximum absolute atomic E-state index is 12.7. The van der Waals surface area contributed by atoms with Crippen LogP contribution in [0.5, 0.6) is 0 Å². The van der Waals surface area contributed by atoms with Crippen LogP contribution in [0.3, 0.4) is 0 Å². The van der Waals surface area contributed by atoms with E-state index in [-0.39, 0.29) is 12.8 Å². The van der Waals surface area contributed by atoms with Crippen molar-refractivity contribution in [3.05, 3.63) is 122 Å². The summed E-state index contributed by atoms with van der Waals surface area (Å²) in [6, 6.07) is 0. The monoisotopic (exact) mass is 938 g/mol. The average molecular weight is 939 g/mol. The number of rotatable bonds is 40. The lowest BCUT2D eigenvalue weighted by Crippen LogP contribution is -2.29. The molecule has 362 valence electrons. The fourth-order valence-corrected chi connectivity index (χ4v) is 6.25. The molecule has 0 aliphatic rings. The smallest absolute Gasteiger partial charge is 0.462 e. The number of allylic oxidation sites excluding steroid dienone is 18. The van der Waals surface area contributed by atoms with Crippen LogP contribution in [0.4, 0.5) is 0 Å². The standard InChI is InChI=1S/C48H76O14P2/c1-3-5-7-9-11-12-13-14-15-16-17-18-19-23-26-30-34-38-47(51)58-42-46(43-61-64(56,57)60-41-45(50)40-59-63(53,54)55)62-48(52)39-35-31-27-24-21-20-22-25-29-33-37-44(49)36-32-28-10-8-6-4-2/h5-8,11-12,14-15,17-18,20-21,25,27-29,31-33,37,44-46,49-50H,3-4,9-10,13,16,19,22-24,26,30,34-36,38-43H2,1-2H3,(H,56,57)(H2,53,54,55)/b7-5-,8-6-,12-11-,15-14-,18-17-,21-20-,29-25-,31-27-,32-28-,37-33+/t44?,45-,46+/m0/s1. The number of phosphoric acid groups is 2.